The molecule has 1 amide bonds. The third-order valence-electron chi connectivity index (χ3n) is 3.76. The second-order valence-electron chi connectivity index (χ2n) is 5.49. The van der Waals surface area contributed by atoms with E-state index in [4.69, 9.17) is 0 Å². The molecule has 1 fully saturated rings. The molecule has 0 radical (unpaired) electrons. The Morgan fingerprint density at radius 2 is 2.00 bits per heavy atom. The highest BCUT2D eigenvalue weighted by atomic mass is 16.3. The van der Waals surface area contributed by atoms with Crippen LogP contribution >= 0.6 is 0 Å². The van der Waals surface area contributed by atoms with Crippen LogP contribution in [0.2, 0.25) is 0 Å². The molecule has 0 heterocycles. The lowest BCUT2D eigenvalue weighted by Gasteiger charge is -2.32. The number of benzene rings is 1. The van der Waals surface area contributed by atoms with Crippen molar-refractivity contribution in [1.29, 1.82) is 0 Å². The third-order valence-corrected chi connectivity index (χ3v) is 3.76. The van der Waals surface area contributed by atoms with Gasteiger partial charge in [-0.15, -0.1) is 0 Å². The summed E-state index contributed by atoms with van der Waals surface area (Å²) < 4.78 is 0. The van der Waals surface area contributed by atoms with Gasteiger partial charge in [0, 0.05) is 6.54 Å². The lowest BCUT2D eigenvalue weighted by Crippen LogP contribution is -2.44. The molecule has 0 aliphatic heterocycles. The number of aliphatic hydroxyl groups is 1. The van der Waals surface area contributed by atoms with Crippen LogP contribution < -0.4 is 5.32 Å². The van der Waals surface area contributed by atoms with Crippen molar-refractivity contribution >= 4 is 5.91 Å². The number of aromatic hydroxyl groups is 1. The van der Waals surface area contributed by atoms with Gasteiger partial charge in [-0.1, -0.05) is 25.3 Å². The largest absolute Gasteiger partial charge is 0.507 e. The first-order valence-corrected chi connectivity index (χ1v) is 6.80. The van der Waals surface area contributed by atoms with Crippen LogP contribution in [0.4, 0.5) is 0 Å². The van der Waals surface area contributed by atoms with Crippen molar-refractivity contribution in [2.75, 3.05) is 6.54 Å². The van der Waals surface area contributed by atoms with Gasteiger partial charge < -0.3 is 15.5 Å². The van der Waals surface area contributed by atoms with Gasteiger partial charge in [-0.2, -0.15) is 0 Å². The molecule has 19 heavy (non-hydrogen) atoms. The van der Waals surface area contributed by atoms with Gasteiger partial charge in [-0.25, -0.2) is 0 Å². The molecule has 0 saturated heterocycles. The quantitative estimate of drug-likeness (QED) is 0.782. The van der Waals surface area contributed by atoms with E-state index in [0.717, 1.165) is 37.7 Å². The van der Waals surface area contributed by atoms with Gasteiger partial charge in [-0.05, 0) is 37.5 Å². The Balaban J connectivity index is 1.97. The van der Waals surface area contributed by atoms with Gasteiger partial charge in [0.2, 0.25) is 0 Å². The Labute approximate surface area is 113 Å². The van der Waals surface area contributed by atoms with Crippen LogP contribution in [-0.4, -0.2) is 28.3 Å². The highest BCUT2D eigenvalue weighted by Gasteiger charge is 2.29. The number of carbonyl (C=O) groups excluding carboxylic acids is 1. The molecule has 104 valence electrons. The molecule has 4 nitrogen and oxygen atoms in total. The fourth-order valence-corrected chi connectivity index (χ4v) is 2.56. The number of hydrogen-bond donors (Lipinski definition) is 3. The molecule has 0 spiro atoms. The standard InChI is InChI=1S/C15H21NO3/c1-11-5-6-12(13(17)9-11)14(18)16-10-15(19)7-3-2-4-8-15/h5-6,9,17,19H,2-4,7-8,10H2,1H3,(H,16,18). The Kier molecular flexibility index (Phi) is 4.10. The number of amides is 1. The number of hydrogen-bond acceptors (Lipinski definition) is 3. The first-order valence-electron chi connectivity index (χ1n) is 6.80. The van der Waals surface area contributed by atoms with Crippen molar-refractivity contribution in [2.24, 2.45) is 0 Å². The molecule has 0 aromatic heterocycles. The first kappa shape index (κ1) is 13.9. The van der Waals surface area contributed by atoms with Crippen LogP contribution in [0, 0.1) is 6.92 Å². The van der Waals surface area contributed by atoms with Gasteiger partial charge in [0.05, 0.1) is 11.2 Å². The smallest absolute Gasteiger partial charge is 0.255 e. The number of rotatable bonds is 3. The predicted octanol–water partition coefficient (Wildman–Crippen LogP) is 2.13. The Morgan fingerprint density at radius 3 is 2.63 bits per heavy atom. The van der Waals surface area contributed by atoms with E-state index in [0.29, 0.717) is 0 Å². The van der Waals surface area contributed by atoms with Gasteiger partial charge in [-0.3, -0.25) is 4.79 Å². The van der Waals surface area contributed by atoms with Crippen LogP contribution in [0.25, 0.3) is 0 Å². The monoisotopic (exact) mass is 263 g/mol. The lowest BCUT2D eigenvalue weighted by atomic mass is 9.85. The lowest BCUT2D eigenvalue weighted by molar-refractivity contribution is 0.00523. The normalized spacial score (nSPS) is 18.0. The highest BCUT2D eigenvalue weighted by molar-refractivity contribution is 5.96. The van der Waals surface area contributed by atoms with Crippen molar-refractivity contribution in [1.82, 2.24) is 5.32 Å². The van der Waals surface area contributed by atoms with Crippen LogP contribution in [0.5, 0.6) is 5.75 Å². The molecule has 4 heteroatoms. The summed E-state index contributed by atoms with van der Waals surface area (Å²) in [5.41, 5.74) is 0.374. The van der Waals surface area contributed by atoms with Crippen LogP contribution in [0.3, 0.4) is 0 Å². The van der Waals surface area contributed by atoms with Gasteiger partial charge in [0.15, 0.2) is 0 Å². The number of carbonyl (C=O) groups is 1. The summed E-state index contributed by atoms with van der Waals surface area (Å²) in [6, 6.07) is 4.94. The molecule has 0 atom stereocenters. The maximum atomic E-state index is 12.0. The molecule has 3 N–H and O–H groups in total. The van der Waals surface area contributed by atoms with Crippen LogP contribution in [0.15, 0.2) is 18.2 Å². The number of phenols is 1. The Hall–Kier alpha value is -1.55. The first-order chi connectivity index (χ1) is 9.00. The van der Waals surface area contributed by atoms with Crippen molar-refractivity contribution in [3.05, 3.63) is 29.3 Å². The zero-order valence-corrected chi connectivity index (χ0v) is 11.3. The Bertz CT molecular complexity index is 464. The summed E-state index contributed by atoms with van der Waals surface area (Å²) >= 11 is 0. The summed E-state index contributed by atoms with van der Waals surface area (Å²) in [4.78, 5) is 12.0. The number of phenolic OH excluding ortho intramolecular Hbond substituents is 1. The Morgan fingerprint density at radius 1 is 1.32 bits per heavy atom. The summed E-state index contributed by atoms with van der Waals surface area (Å²) in [7, 11) is 0. The van der Waals surface area contributed by atoms with E-state index in [-0.39, 0.29) is 23.8 Å². The molecule has 0 bridgehead atoms. The molecule has 1 aliphatic rings. The predicted molar refractivity (Wildman–Crippen MR) is 73.2 cm³/mol. The molecular formula is C15H21NO3. The molecule has 1 saturated carbocycles. The number of aryl methyl sites for hydroxylation is 1. The average Bonchev–Trinajstić information content (AvgIpc) is 2.37. The average molecular weight is 263 g/mol. The van der Waals surface area contributed by atoms with E-state index in [1.807, 2.05) is 6.92 Å². The van der Waals surface area contributed by atoms with Crippen molar-refractivity contribution in [3.8, 4) is 5.75 Å². The van der Waals surface area contributed by atoms with E-state index in [2.05, 4.69) is 5.32 Å². The van der Waals surface area contributed by atoms with Crippen molar-refractivity contribution in [2.45, 2.75) is 44.6 Å². The topological polar surface area (TPSA) is 69.6 Å². The molecule has 1 aliphatic carbocycles. The summed E-state index contributed by atoms with van der Waals surface area (Å²) in [5, 5.41) is 22.8. The molecule has 2 rings (SSSR count). The third kappa shape index (κ3) is 3.47. The number of nitrogens with one attached hydrogen (secondary N) is 1. The van der Waals surface area contributed by atoms with Crippen LogP contribution in [-0.2, 0) is 0 Å². The second kappa shape index (κ2) is 5.61. The van der Waals surface area contributed by atoms with Crippen molar-refractivity contribution < 1.29 is 15.0 Å². The highest BCUT2D eigenvalue weighted by Crippen LogP contribution is 2.27. The van der Waals surface area contributed by atoms with Gasteiger partial charge in [0.25, 0.3) is 5.91 Å². The van der Waals surface area contributed by atoms with Gasteiger partial charge in [0.1, 0.15) is 5.75 Å². The van der Waals surface area contributed by atoms with Gasteiger partial charge >= 0.3 is 0 Å². The van der Waals surface area contributed by atoms with Crippen LogP contribution in [0.1, 0.15) is 48.0 Å². The SMILES string of the molecule is Cc1ccc(C(=O)NCC2(O)CCCCC2)c(O)c1. The van der Waals surface area contributed by atoms with E-state index in [9.17, 15) is 15.0 Å². The summed E-state index contributed by atoms with van der Waals surface area (Å²) in [6.45, 7) is 2.10. The fourth-order valence-electron chi connectivity index (χ4n) is 2.56. The fraction of sp³-hybridized carbons (Fsp3) is 0.533. The minimum absolute atomic E-state index is 0.0202. The molecule has 0 unspecified atom stereocenters. The zero-order chi connectivity index (χ0) is 13.9. The van der Waals surface area contributed by atoms with Crippen molar-refractivity contribution in [3.63, 3.8) is 0 Å². The second-order valence-corrected chi connectivity index (χ2v) is 5.49. The molecule has 1 aromatic rings. The van der Waals surface area contributed by atoms with E-state index >= 15 is 0 Å². The van der Waals surface area contributed by atoms with E-state index < -0.39 is 5.60 Å². The molecular weight excluding hydrogens is 242 g/mol. The summed E-state index contributed by atoms with van der Waals surface area (Å²) in [5.74, 6) is -0.357. The summed E-state index contributed by atoms with van der Waals surface area (Å²) in [6.07, 6.45) is 4.61. The van der Waals surface area contributed by atoms with E-state index in [1.165, 1.54) is 0 Å². The van der Waals surface area contributed by atoms with E-state index in [1.54, 1.807) is 18.2 Å². The zero-order valence-electron chi connectivity index (χ0n) is 11.3. The minimum Gasteiger partial charge on any atom is -0.507 e. The maximum Gasteiger partial charge on any atom is 0.255 e. The maximum absolute atomic E-state index is 12.0. The molecule has 1 aromatic carbocycles. The minimum atomic E-state index is -0.784.